The molecule has 0 bridgehead atoms. The minimum absolute atomic E-state index is 0.435. The van der Waals surface area contributed by atoms with Crippen molar-refractivity contribution in [1.82, 2.24) is 15.2 Å². The number of hydrazine groups is 1. The Kier molecular flexibility index (Phi) is 25.6. The Morgan fingerprint density at radius 1 is 0.760 bits per heavy atom. The molecule has 0 radical (unpaired) electrons. The average Bonchev–Trinajstić information content (AvgIpc) is 2.61. The van der Waals surface area contributed by atoms with E-state index in [-0.39, 0.29) is 0 Å². The molecule has 0 unspecified atom stereocenters. The number of nitrogens with zero attached hydrogens (tertiary/aromatic N) is 2. The van der Waals surface area contributed by atoms with Gasteiger partial charge in [0.05, 0.1) is 0 Å². The molecule has 0 aliphatic heterocycles. The Hall–Kier alpha value is 2.76. The maximum absolute atomic E-state index is 6.13. The van der Waals surface area contributed by atoms with Gasteiger partial charge in [0.25, 0.3) is 0 Å². The summed E-state index contributed by atoms with van der Waals surface area (Å²) in [6.07, 6.45) is 6.55. The van der Waals surface area contributed by atoms with Crippen molar-refractivity contribution in [2.75, 3.05) is 69.0 Å². The summed E-state index contributed by atoms with van der Waals surface area (Å²) < 4.78 is 4.33. The molecule has 0 spiro atoms. The standard InChI is InChI=1S/C17H39I4N4/c1-19-8-4-13-24(14-6-12-23-11-3-10-21-18)15-7-17-25(22)16-5-9-20-2/h23H,3-17,22H2,1-2H3/q-3. The number of halogens is 4. The molecule has 0 aromatic carbocycles. The van der Waals surface area contributed by atoms with Crippen molar-refractivity contribution in [3.63, 3.8) is 0 Å². The Morgan fingerprint density at radius 2 is 1.32 bits per heavy atom. The molecule has 0 heterocycles. The van der Waals surface area contributed by atoms with Crippen LogP contribution in [0.4, 0.5) is 0 Å². The van der Waals surface area contributed by atoms with Crippen LogP contribution in [-0.4, -0.2) is 78.9 Å². The van der Waals surface area contributed by atoms with Crippen molar-refractivity contribution in [3.05, 3.63) is 0 Å². The van der Waals surface area contributed by atoms with E-state index < -0.39 is 0 Å². The summed E-state index contributed by atoms with van der Waals surface area (Å²) in [6.45, 7) is 8.28. The van der Waals surface area contributed by atoms with Crippen molar-refractivity contribution in [3.8, 4) is 0 Å². The molecule has 0 aromatic heterocycles. The molecule has 0 aliphatic rings. The first-order chi connectivity index (χ1) is 12.2. The van der Waals surface area contributed by atoms with Crippen LogP contribution in [0.5, 0.6) is 0 Å². The van der Waals surface area contributed by atoms with Crippen molar-refractivity contribution < 1.29 is 59.6 Å². The molecule has 0 fully saturated rings. The molecule has 8 heteroatoms. The van der Waals surface area contributed by atoms with Crippen molar-refractivity contribution in [2.24, 2.45) is 5.84 Å². The quantitative estimate of drug-likeness (QED) is 0.0423. The summed E-state index contributed by atoms with van der Waals surface area (Å²) in [5.41, 5.74) is 0. The normalized spacial score (nSPS) is 12.2. The van der Waals surface area contributed by atoms with Crippen LogP contribution < -0.4 is 70.8 Å². The molecular formula is C17H39I4N4-3. The summed E-state index contributed by atoms with van der Waals surface area (Å²) in [7, 11) is 0. The number of rotatable bonds is 20. The molecule has 0 rings (SSSR count). The topological polar surface area (TPSA) is 44.5 Å². The first kappa shape index (κ1) is 27.8. The van der Waals surface area contributed by atoms with Gasteiger partial charge >= 0.3 is 200 Å². The van der Waals surface area contributed by atoms with Gasteiger partial charge in [0.1, 0.15) is 0 Å². The fourth-order valence-electron chi connectivity index (χ4n) is 2.55. The zero-order valence-corrected chi connectivity index (χ0v) is 24.7. The van der Waals surface area contributed by atoms with Gasteiger partial charge in [0.2, 0.25) is 0 Å². The Morgan fingerprint density at radius 3 is 2.00 bits per heavy atom. The zero-order valence-electron chi connectivity index (χ0n) is 16.1. The third-order valence-electron chi connectivity index (χ3n) is 3.87. The second-order valence-electron chi connectivity index (χ2n) is 6.10. The second kappa shape index (κ2) is 23.0. The predicted octanol–water partition coefficient (Wildman–Crippen LogP) is -7.12. The van der Waals surface area contributed by atoms with Gasteiger partial charge in [-0.3, -0.25) is 0 Å². The number of nitrogens with two attached hydrogens (primary N) is 1. The predicted molar refractivity (Wildman–Crippen MR) is 109 cm³/mol. The summed E-state index contributed by atoms with van der Waals surface area (Å²) in [4.78, 5) is 7.44. The van der Waals surface area contributed by atoms with E-state index in [0.29, 0.717) is 59.6 Å². The zero-order chi connectivity index (χ0) is 18.6. The van der Waals surface area contributed by atoms with Gasteiger partial charge in [-0.2, -0.15) is 0 Å². The summed E-state index contributed by atoms with van der Waals surface area (Å²) >= 11 is 3.92. The van der Waals surface area contributed by atoms with Crippen molar-refractivity contribution >= 4 is 18.6 Å². The van der Waals surface area contributed by atoms with E-state index in [1.54, 1.807) is 0 Å². The van der Waals surface area contributed by atoms with Crippen molar-refractivity contribution in [1.29, 1.82) is 0 Å². The van der Waals surface area contributed by atoms with E-state index in [1.165, 1.54) is 78.1 Å². The number of hydrogen-bond donors (Lipinski definition) is 2. The van der Waals surface area contributed by atoms with Gasteiger partial charge < -0.3 is 0 Å². The number of nitrogens with one attached hydrogen (secondary N) is 1. The van der Waals surface area contributed by atoms with E-state index in [9.17, 15) is 0 Å². The van der Waals surface area contributed by atoms with E-state index in [4.69, 9.17) is 5.84 Å². The molecule has 0 saturated carbocycles. The third-order valence-corrected chi connectivity index (χ3v) is 11.5. The molecule has 0 aromatic rings. The van der Waals surface area contributed by atoms with Gasteiger partial charge in [-0.15, -0.1) is 0 Å². The van der Waals surface area contributed by atoms with Crippen LogP contribution in [0.15, 0.2) is 0 Å². The molecule has 0 amide bonds. The van der Waals surface area contributed by atoms with Crippen LogP contribution in [0.1, 0.15) is 32.1 Å². The Bertz CT molecular complexity index is 263. The SMILES string of the molecule is C[I-]CCCN(N)CCCN(CCCNCCC[I-]I)CCC[I-]C. The fourth-order valence-corrected chi connectivity index (χ4v) is 7.36. The van der Waals surface area contributed by atoms with Crippen LogP contribution >= 0.6 is 18.6 Å². The van der Waals surface area contributed by atoms with Crippen LogP contribution in [0.2, 0.25) is 0 Å². The van der Waals surface area contributed by atoms with Crippen molar-refractivity contribution in [2.45, 2.75) is 32.1 Å². The van der Waals surface area contributed by atoms with Gasteiger partial charge in [-0.05, 0) is 0 Å². The first-order valence-electron chi connectivity index (χ1n) is 9.25. The van der Waals surface area contributed by atoms with Crippen LogP contribution in [0.25, 0.3) is 0 Å². The van der Waals surface area contributed by atoms with Gasteiger partial charge in [-0.25, -0.2) is 0 Å². The van der Waals surface area contributed by atoms with Gasteiger partial charge in [-0.1, -0.05) is 0 Å². The van der Waals surface area contributed by atoms with Crippen LogP contribution in [0, 0.1) is 0 Å². The maximum atomic E-state index is 6.13. The summed E-state index contributed by atoms with van der Waals surface area (Å²) in [5, 5.41) is 5.66. The van der Waals surface area contributed by atoms with E-state index >= 15 is 0 Å². The van der Waals surface area contributed by atoms with E-state index in [1.807, 2.05) is 5.01 Å². The van der Waals surface area contributed by atoms with E-state index in [0.717, 1.165) is 13.1 Å². The Labute approximate surface area is 197 Å². The molecule has 0 saturated heterocycles. The molecule has 0 aliphatic carbocycles. The molecule has 25 heavy (non-hydrogen) atoms. The van der Waals surface area contributed by atoms with Crippen LogP contribution in [0.3, 0.4) is 0 Å². The average molecular weight is 807 g/mol. The molecule has 4 nitrogen and oxygen atoms in total. The molecule has 0 atom stereocenters. The van der Waals surface area contributed by atoms with E-state index in [2.05, 4.69) is 38.7 Å². The molecule has 3 N–H and O–H groups in total. The monoisotopic (exact) mass is 807 g/mol. The van der Waals surface area contributed by atoms with Gasteiger partial charge in [0, 0.05) is 0 Å². The minimum atomic E-state index is 0.435. The Balaban J connectivity index is 3.80. The first-order valence-corrected chi connectivity index (χ1v) is 24.4. The fraction of sp³-hybridized carbons (Fsp3) is 1.00. The number of hydrogen-bond acceptors (Lipinski definition) is 4. The molecule has 158 valence electrons. The third kappa shape index (κ3) is 21.3. The van der Waals surface area contributed by atoms with Gasteiger partial charge in [0.15, 0.2) is 0 Å². The number of alkyl halides is 5. The molecular weight excluding hydrogens is 768 g/mol. The summed E-state index contributed by atoms with van der Waals surface area (Å²) in [5.74, 6) is 6.13. The second-order valence-corrected chi connectivity index (χ2v) is 16.8. The summed E-state index contributed by atoms with van der Waals surface area (Å²) in [6, 6.07) is 0. The van der Waals surface area contributed by atoms with Crippen LogP contribution in [-0.2, 0) is 0 Å².